The smallest absolute Gasteiger partial charge is 0.350 e. The van der Waals surface area contributed by atoms with Crippen LogP contribution in [0.2, 0.25) is 0 Å². The third-order valence-corrected chi connectivity index (χ3v) is 5.56. The zero-order valence-corrected chi connectivity index (χ0v) is 17.1. The first kappa shape index (κ1) is 19.2. The summed E-state index contributed by atoms with van der Waals surface area (Å²) in [6, 6.07) is 9.09. The first-order valence-corrected chi connectivity index (χ1v) is 10.1. The van der Waals surface area contributed by atoms with Gasteiger partial charge in [-0.2, -0.15) is 0 Å². The van der Waals surface area contributed by atoms with Crippen molar-refractivity contribution in [2.75, 3.05) is 18.5 Å². The number of thiophene rings is 1. The Labute approximate surface area is 171 Å². The van der Waals surface area contributed by atoms with Crippen molar-refractivity contribution in [3.63, 3.8) is 0 Å². The molecule has 0 aliphatic carbocycles. The van der Waals surface area contributed by atoms with E-state index in [2.05, 4.69) is 10.3 Å². The van der Waals surface area contributed by atoms with E-state index in [1.807, 2.05) is 32.0 Å². The number of esters is 1. The maximum absolute atomic E-state index is 12.9. The normalized spacial score (nSPS) is 15.2. The van der Waals surface area contributed by atoms with Crippen LogP contribution in [0, 0.1) is 13.8 Å². The Morgan fingerprint density at radius 3 is 2.79 bits per heavy atom. The fourth-order valence-corrected chi connectivity index (χ4v) is 4.40. The maximum atomic E-state index is 12.9. The second-order valence-electron chi connectivity index (χ2n) is 6.64. The number of nitrogens with one attached hydrogen (secondary N) is 1. The minimum Gasteiger partial charge on any atom is -0.485 e. The first-order valence-electron chi connectivity index (χ1n) is 9.25. The lowest BCUT2D eigenvalue weighted by molar-refractivity contribution is -0.125. The summed E-state index contributed by atoms with van der Waals surface area (Å²) in [5.74, 6) is 0.215. The molecule has 150 valence electrons. The highest BCUT2D eigenvalue weighted by atomic mass is 32.1. The van der Waals surface area contributed by atoms with E-state index in [0.717, 1.165) is 16.6 Å². The molecule has 1 aromatic carbocycles. The quantitative estimate of drug-likeness (QED) is 0.655. The van der Waals surface area contributed by atoms with Crippen LogP contribution < -0.4 is 14.8 Å². The molecule has 8 heteroatoms. The van der Waals surface area contributed by atoms with Crippen molar-refractivity contribution in [3.05, 3.63) is 46.5 Å². The Hall–Kier alpha value is -3.13. The number of carbonyl (C=O) groups excluding carboxylic acids is 2. The number of para-hydroxylation sites is 2. The predicted octanol–water partition coefficient (Wildman–Crippen LogP) is 3.87. The first-order chi connectivity index (χ1) is 14.0. The van der Waals surface area contributed by atoms with Crippen LogP contribution in [0.25, 0.3) is 10.2 Å². The molecule has 2 aromatic heterocycles. The van der Waals surface area contributed by atoms with Crippen LogP contribution in [0.3, 0.4) is 0 Å². The molecule has 0 saturated carbocycles. The zero-order chi connectivity index (χ0) is 20.5. The van der Waals surface area contributed by atoms with Crippen LogP contribution in [0.4, 0.5) is 5.69 Å². The van der Waals surface area contributed by atoms with Crippen LogP contribution in [-0.2, 0) is 9.53 Å². The van der Waals surface area contributed by atoms with Crippen molar-refractivity contribution in [3.8, 4) is 11.5 Å². The number of rotatable bonds is 4. The topological polar surface area (TPSA) is 86.8 Å². The van der Waals surface area contributed by atoms with Gasteiger partial charge in [0.05, 0.1) is 12.3 Å². The number of anilines is 1. The molecule has 7 nitrogen and oxygen atoms in total. The largest absolute Gasteiger partial charge is 0.485 e. The average molecular weight is 412 g/mol. The molecule has 0 radical (unpaired) electrons. The second-order valence-corrected chi connectivity index (χ2v) is 7.64. The Balaban J connectivity index is 1.68. The number of carbonyl (C=O) groups is 2. The molecule has 3 heterocycles. The van der Waals surface area contributed by atoms with Crippen LogP contribution in [0.5, 0.6) is 11.5 Å². The van der Waals surface area contributed by atoms with E-state index in [1.54, 1.807) is 19.1 Å². The predicted molar refractivity (Wildman–Crippen MR) is 110 cm³/mol. The Kier molecular flexibility index (Phi) is 5.10. The maximum Gasteiger partial charge on any atom is 0.350 e. The van der Waals surface area contributed by atoms with Crippen LogP contribution in [0.1, 0.15) is 27.9 Å². The molecule has 1 atom stereocenters. The third kappa shape index (κ3) is 3.63. The average Bonchev–Trinajstić information content (AvgIpc) is 3.06. The Morgan fingerprint density at radius 2 is 2.03 bits per heavy atom. The number of hydrogen-bond acceptors (Lipinski definition) is 7. The van der Waals surface area contributed by atoms with E-state index < -0.39 is 18.0 Å². The second kappa shape index (κ2) is 7.71. The number of pyridine rings is 1. The Bertz CT molecular complexity index is 1110. The van der Waals surface area contributed by atoms with Crippen molar-refractivity contribution in [2.45, 2.75) is 26.9 Å². The van der Waals surface area contributed by atoms with Crippen LogP contribution in [0.15, 0.2) is 30.3 Å². The van der Waals surface area contributed by atoms with E-state index in [9.17, 15) is 9.59 Å². The monoisotopic (exact) mass is 412 g/mol. The van der Waals surface area contributed by atoms with E-state index in [-0.39, 0.29) is 13.2 Å². The van der Waals surface area contributed by atoms with E-state index in [0.29, 0.717) is 26.9 Å². The standard InChI is InChI=1S/C21H20N2O5S/c1-4-26-21(25)18-17(16-11(2)9-12(3)22-20(16)29-18)23-19(24)15-10-27-13-7-5-6-8-14(13)28-15/h5-9,15H,4,10H2,1-3H3,(H,23,24)/t15-/m0/s1. The number of aryl methyl sites for hydroxylation is 2. The van der Waals surface area contributed by atoms with Gasteiger partial charge in [-0.25, -0.2) is 9.78 Å². The van der Waals surface area contributed by atoms with Gasteiger partial charge in [-0.3, -0.25) is 4.79 Å². The van der Waals surface area contributed by atoms with Gasteiger partial charge < -0.3 is 19.5 Å². The van der Waals surface area contributed by atoms with E-state index in [4.69, 9.17) is 14.2 Å². The Morgan fingerprint density at radius 1 is 1.28 bits per heavy atom. The molecule has 29 heavy (non-hydrogen) atoms. The number of amides is 1. The summed E-state index contributed by atoms with van der Waals surface area (Å²) in [6.45, 7) is 5.87. The molecule has 1 aliphatic rings. The van der Waals surface area contributed by atoms with Crippen molar-refractivity contribution < 1.29 is 23.8 Å². The molecule has 1 aliphatic heterocycles. The van der Waals surface area contributed by atoms with Gasteiger partial charge in [0.2, 0.25) is 6.10 Å². The number of ether oxygens (including phenoxy) is 3. The van der Waals surface area contributed by atoms with Crippen LogP contribution >= 0.6 is 11.3 Å². The summed E-state index contributed by atoms with van der Waals surface area (Å²) in [7, 11) is 0. The highest BCUT2D eigenvalue weighted by molar-refractivity contribution is 7.21. The summed E-state index contributed by atoms with van der Waals surface area (Å²) in [5, 5.41) is 3.59. The third-order valence-electron chi connectivity index (χ3n) is 4.50. The number of hydrogen-bond donors (Lipinski definition) is 1. The van der Waals surface area contributed by atoms with Gasteiger partial charge >= 0.3 is 5.97 Å². The number of fused-ring (bicyclic) bond motifs is 2. The molecule has 1 N–H and O–H groups in total. The fraction of sp³-hybridized carbons (Fsp3) is 0.286. The minimum atomic E-state index is -0.839. The van der Waals surface area contributed by atoms with Crippen molar-refractivity contribution in [1.82, 2.24) is 4.98 Å². The van der Waals surface area contributed by atoms with Crippen molar-refractivity contribution in [2.24, 2.45) is 0 Å². The minimum absolute atomic E-state index is 0.0794. The lowest BCUT2D eigenvalue weighted by Crippen LogP contribution is -2.40. The molecular formula is C21H20N2O5S. The summed E-state index contributed by atoms with van der Waals surface area (Å²) >= 11 is 1.21. The lowest BCUT2D eigenvalue weighted by atomic mass is 10.1. The molecule has 0 saturated heterocycles. The van der Waals surface area contributed by atoms with E-state index in [1.165, 1.54) is 11.3 Å². The molecule has 0 spiro atoms. The summed E-state index contributed by atoms with van der Waals surface area (Å²) in [6.07, 6.45) is -0.839. The van der Waals surface area contributed by atoms with Crippen molar-refractivity contribution in [1.29, 1.82) is 0 Å². The van der Waals surface area contributed by atoms with Gasteiger partial charge in [0, 0.05) is 11.1 Å². The van der Waals surface area contributed by atoms with Gasteiger partial charge in [0.25, 0.3) is 5.91 Å². The number of aromatic nitrogens is 1. The highest BCUT2D eigenvalue weighted by Crippen LogP contribution is 2.38. The van der Waals surface area contributed by atoms with Gasteiger partial charge in [-0.05, 0) is 44.5 Å². The summed E-state index contributed by atoms with van der Waals surface area (Å²) in [4.78, 5) is 31.0. The van der Waals surface area contributed by atoms with Gasteiger partial charge in [-0.1, -0.05) is 12.1 Å². The molecule has 0 bridgehead atoms. The number of nitrogens with zero attached hydrogens (tertiary/aromatic N) is 1. The highest BCUT2D eigenvalue weighted by Gasteiger charge is 2.30. The SMILES string of the molecule is CCOC(=O)c1sc2nc(C)cc(C)c2c1NC(=O)[C@@H]1COc2ccccc2O1. The molecule has 0 unspecified atom stereocenters. The van der Waals surface area contributed by atoms with Crippen LogP contribution in [-0.4, -0.2) is 36.2 Å². The fourth-order valence-electron chi connectivity index (χ4n) is 3.25. The summed E-state index contributed by atoms with van der Waals surface area (Å²) in [5.41, 5.74) is 2.16. The zero-order valence-electron chi connectivity index (χ0n) is 16.3. The molecule has 0 fully saturated rings. The molecule has 4 rings (SSSR count). The van der Waals surface area contributed by atoms with Gasteiger partial charge in [0.1, 0.15) is 16.3 Å². The summed E-state index contributed by atoms with van der Waals surface area (Å²) < 4.78 is 16.6. The van der Waals surface area contributed by atoms with Crippen molar-refractivity contribution >= 4 is 39.1 Å². The van der Waals surface area contributed by atoms with Gasteiger partial charge in [0.15, 0.2) is 11.5 Å². The van der Waals surface area contributed by atoms with Gasteiger partial charge in [-0.15, -0.1) is 11.3 Å². The molecule has 3 aromatic rings. The molecule has 1 amide bonds. The lowest BCUT2D eigenvalue weighted by Gasteiger charge is -2.25. The number of benzene rings is 1. The molecular weight excluding hydrogens is 392 g/mol. The van der Waals surface area contributed by atoms with E-state index >= 15 is 0 Å².